The molecule has 5 heteroatoms. The van der Waals surface area contributed by atoms with Gasteiger partial charge in [-0.3, -0.25) is 0 Å². The van der Waals surface area contributed by atoms with E-state index >= 15 is 0 Å². The number of aryl methyl sites for hydroxylation is 1. The fourth-order valence-electron chi connectivity index (χ4n) is 6.75. The number of hydrogen-bond donors (Lipinski definition) is 0. The Balaban J connectivity index is 1.29. The highest BCUT2D eigenvalue weighted by Crippen LogP contribution is 2.41. The fraction of sp³-hybridized carbons (Fsp3) is 0.471. The second-order valence-electron chi connectivity index (χ2n) is 11.5. The SMILES string of the molecule is CCCCCC1CCC(C2CCc3cc(-c4ccc5c(F)c(C#CC(F)(F)F)c(F)cc5c4)ccc3C2)CC1. The Morgan fingerprint density at radius 1 is 0.821 bits per heavy atom. The summed E-state index contributed by atoms with van der Waals surface area (Å²) in [6.07, 6.45) is 9.48. The molecule has 3 aromatic carbocycles. The second kappa shape index (κ2) is 11.7. The zero-order chi connectivity index (χ0) is 27.6. The zero-order valence-corrected chi connectivity index (χ0v) is 22.4. The standard InChI is InChI=1S/C34H35F5/c1-2-3-4-5-22-6-8-23(9-7-22)24-10-11-26-19-27(13-12-25(26)18-24)28-14-15-30-29(20-28)21-32(35)31(33(30)36)16-17-34(37,38)39/h12-15,19-24H,2-11,18H2,1H3. The monoisotopic (exact) mass is 538 g/mol. The van der Waals surface area contributed by atoms with Gasteiger partial charge < -0.3 is 0 Å². The highest BCUT2D eigenvalue weighted by Gasteiger charge is 2.30. The predicted molar refractivity (Wildman–Crippen MR) is 147 cm³/mol. The van der Waals surface area contributed by atoms with Gasteiger partial charge in [0, 0.05) is 11.3 Å². The minimum Gasteiger partial charge on any atom is -0.205 e. The van der Waals surface area contributed by atoms with Crippen LogP contribution in [0.3, 0.4) is 0 Å². The Morgan fingerprint density at radius 2 is 1.56 bits per heavy atom. The van der Waals surface area contributed by atoms with E-state index in [4.69, 9.17) is 0 Å². The lowest BCUT2D eigenvalue weighted by Crippen LogP contribution is -2.26. The van der Waals surface area contributed by atoms with Crippen LogP contribution in [0.4, 0.5) is 22.0 Å². The first-order valence-corrected chi connectivity index (χ1v) is 14.4. The second-order valence-corrected chi connectivity index (χ2v) is 11.5. The van der Waals surface area contributed by atoms with Crippen molar-refractivity contribution in [1.29, 1.82) is 0 Å². The third kappa shape index (κ3) is 6.48. The van der Waals surface area contributed by atoms with Gasteiger partial charge >= 0.3 is 6.18 Å². The van der Waals surface area contributed by atoms with Crippen molar-refractivity contribution in [3.8, 4) is 23.0 Å². The molecule has 0 bridgehead atoms. The largest absolute Gasteiger partial charge is 0.458 e. The van der Waals surface area contributed by atoms with E-state index in [-0.39, 0.29) is 5.39 Å². The Labute approximate surface area is 228 Å². The average molecular weight is 539 g/mol. The van der Waals surface area contributed by atoms with Crippen LogP contribution in [-0.2, 0) is 12.8 Å². The molecule has 2 aliphatic carbocycles. The topological polar surface area (TPSA) is 0 Å². The van der Waals surface area contributed by atoms with Gasteiger partial charge in [0.05, 0.1) is 5.56 Å². The van der Waals surface area contributed by atoms with E-state index in [2.05, 4.69) is 25.1 Å². The van der Waals surface area contributed by atoms with Crippen LogP contribution in [0.5, 0.6) is 0 Å². The lowest BCUT2D eigenvalue weighted by Gasteiger charge is -2.36. The summed E-state index contributed by atoms with van der Waals surface area (Å²) in [6.45, 7) is 2.27. The Bertz CT molecular complexity index is 1380. The molecule has 0 aromatic heterocycles. The number of halogens is 5. The van der Waals surface area contributed by atoms with Crippen LogP contribution in [0.2, 0.25) is 0 Å². The molecule has 5 rings (SSSR count). The molecule has 206 valence electrons. The fourth-order valence-corrected chi connectivity index (χ4v) is 6.75. The molecule has 0 nitrogen and oxygen atoms in total. The molecule has 1 atom stereocenters. The number of benzene rings is 3. The molecular formula is C34H35F5. The molecule has 2 aliphatic rings. The van der Waals surface area contributed by atoms with Gasteiger partial charge in [-0.05, 0) is 89.6 Å². The summed E-state index contributed by atoms with van der Waals surface area (Å²) >= 11 is 0. The van der Waals surface area contributed by atoms with Gasteiger partial charge in [0.1, 0.15) is 11.6 Å². The summed E-state index contributed by atoms with van der Waals surface area (Å²) in [6, 6.07) is 12.4. The molecule has 1 fully saturated rings. The lowest BCUT2D eigenvalue weighted by atomic mass is 9.69. The first-order chi connectivity index (χ1) is 18.7. The summed E-state index contributed by atoms with van der Waals surface area (Å²) in [4.78, 5) is 0. The minimum absolute atomic E-state index is 0.0486. The molecular weight excluding hydrogens is 503 g/mol. The van der Waals surface area contributed by atoms with Crippen LogP contribution in [0.15, 0.2) is 42.5 Å². The third-order valence-electron chi connectivity index (χ3n) is 8.94. The van der Waals surface area contributed by atoms with Crippen molar-refractivity contribution < 1.29 is 22.0 Å². The van der Waals surface area contributed by atoms with Gasteiger partial charge in [-0.25, -0.2) is 8.78 Å². The van der Waals surface area contributed by atoms with Crippen molar-refractivity contribution in [2.24, 2.45) is 17.8 Å². The molecule has 0 amide bonds. The zero-order valence-electron chi connectivity index (χ0n) is 22.4. The Morgan fingerprint density at radius 3 is 2.31 bits per heavy atom. The van der Waals surface area contributed by atoms with Crippen molar-refractivity contribution in [1.82, 2.24) is 0 Å². The number of fused-ring (bicyclic) bond motifs is 2. The molecule has 1 unspecified atom stereocenters. The first-order valence-electron chi connectivity index (χ1n) is 14.4. The van der Waals surface area contributed by atoms with E-state index in [1.165, 1.54) is 75.0 Å². The van der Waals surface area contributed by atoms with Crippen molar-refractivity contribution in [3.05, 3.63) is 70.8 Å². The highest BCUT2D eigenvalue weighted by atomic mass is 19.4. The third-order valence-corrected chi connectivity index (χ3v) is 8.94. The van der Waals surface area contributed by atoms with Crippen molar-refractivity contribution in [2.75, 3.05) is 0 Å². The number of unbranched alkanes of at least 4 members (excludes halogenated alkanes) is 2. The summed E-state index contributed by atoms with van der Waals surface area (Å²) in [5, 5.41) is 0.343. The minimum atomic E-state index is -4.82. The van der Waals surface area contributed by atoms with Gasteiger partial charge in [-0.2, -0.15) is 13.2 Å². The van der Waals surface area contributed by atoms with Crippen molar-refractivity contribution in [2.45, 2.75) is 83.7 Å². The maximum atomic E-state index is 14.8. The van der Waals surface area contributed by atoms with Gasteiger partial charge in [0.15, 0.2) is 0 Å². The van der Waals surface area contributed by atoms with Gasteiger partial charge in [-0.1, -0.05) is 81.7 Å². The van der Waals surface area contributed by atoms with Crippen LogP contribution in [-0.4, -0.2) is 6.18 Å². The van der Waals surface area contributed by atoms with Gasteiger partial charge in [-0.15, -0.1) is 0 Å². The molecule has 0 spiro atoms. The van der Waals surface area contributed by atoms with E-state index in [1.54, 1.807) is 18.1 Å². The molecule has 39 heavy (non-hydrogen) atoms. The van der Waals surface area contributed by atoms with E-state index < -0.39 is 23.4 Å². The number of hydrogen-bond acceptors (Lipinski definition) is 0. The number of alkyl halides is 3. The first kappa shape index (κ1) is 27.7. The van der Waals surface area contributed by atoms with Crippen LogP contribution in [0.1, 0.15) is 81.4 Å². The molecule has 1 saturated carbocycles. The Hall–Kier alpha value is -2.87. The summed E-state index contributed by atoms with van der Waals surface area (Å²) in [7, 11) is 0. The molecule has 0 N–H and O–H groups in total. The van der Waals surface area contributed by atoms with Crippen molar-refractivity contribution >= 4 is 10.8 Å². The molecule has 0 heterocycles. The normalized spacial score (nSPS) is 21.3. The summed E-state index contributed by atoms with van der Waals surface area (Å²) in [5.41, 5.74) is 3.68. The van der Waals surface area contributed by atoms with Crippen LogP contribution in [0.25, 0.3) is 21.9 Å². The predicted octanol–water partition coefficient (Wildman–Crippen LogP) is 10.2. The van der Waals surface area contributed by atoms with E-state index in [0.717, 1.165) is 53.7 Å². The molecule has 0 radical (unpaired) electrons. The van der Waals surface area contributed by atoms with E-state index in [9.17, 15) is 22.0 Å². The van der Waals surface area contributed by atoms with Gasteiger partial charge in [0.25, 0.3) is 0 Å². The lowest BCUT2D eigenvalue weighted by molar-refractivity contribution is -0.0696. The smallest absolute Gasteiger partial charge is 0.205 e. The maximum Gasteiger partial charge on any atom is 0.458 e. The van der Waals surface area contributed by atoms with Crippen molar-refractivity contribution in [3.63, 3.8) is 0 Å². The molecule has 3 aromatic rings. The molecule has 0 saturated heterocycles. The highest BCUT2D eigenvalue weighted by molar-refractivity contribution is 5.89. The number of rotatable bonds is 6. The summed E-state index contributed by atoms with van der Waals surface area (Å²) in [5.74, 6) is 2.90. The van der Waals surface area contributed by atoms with Crippen LogP contribution in [0, 0.1) is 41.2 Å². The van der Waals surface area contributed by atoms with E-state index in [0.29, 0.717) is 5.39 Å². The van der Waals surface area contributed by atoms with Crippen LogP contribution >= 0.6 is 0 Å². The van der Waals surface area contributed by atoms with Gasteiger partial charge in [0.2, 0.25) is 0 Å². The Kier molecular flexibility index (Phi) is 8.31. The summed E-state index contributed by atoms with van der Waals surface area (Å²) < 4.78 is 66.6. The quantitative estimate of drug-likeness (QED) is 0.166. The van der Waals surface area contributed by atoms with Crippen LogP contribution < -0.4 is 0 Å². The average Bonchev–Trinajstić information content (AvgIpc) is 2.92. The maximum absolute atomic E-state index is 14.8. The molecule has 0 aliphatic heterocycles. The van der Waals surface area contributed by atoms with E-state index in [1.807, 2.05) is 0 Å².